The Labute approximate surface area is 157 Å². The number of halogens is 1. The molecule has 3 rings (SSSR count). The summed E-state index contributed by atoms with van der Waals surface area (Å²) in [5, 5.41) is 17.0. The number of carbonyl (C=O) groups excluding carboxylic acids is 2. The van der Waals surface area contributed by atoms with E-state index in [1.807, 2.05) is 0 Å². The van der Waals surface area contributed by atoms with E-state index in [1.165, 1.54) is 24.3 Å². The molecule has 0 aliphatic carbocycles. The van der Waals surface area contributed by atoms with Crippen molar-refractivity contribution in [2.45, 2.75) is 11.9 Å². The Hall–Kier alpha value is -3.27. The van der Waals surface area contributed by atoms with E-state index in [0.29, 0.717) is 10.7 Å². The van der Waals surface area contributed by atoms with Crippen LogP contribution >= 0.6 is 11.8 Å². The molecule has 0 radical (unpaired) electrons. The van der Waals surface area contributed by atoms with Crippen LogP contribution in [0.25, 0.3) is 0 Å². The number of thioether (sulfide) groups is 1. The molecule has 10 heteroatoms. The summed E-state index contributed by atoms with van der Waals surface area (Å²) in [5.74, 6) is -0.984. The first-order valence-corrected chi connectivity index (χ1v) is 8.75. The van der Waals surface area contributed by atoms with Crippen LogP contribution in [0.5, 0.6) is 0 Å². The normalized spacial score (nSPS) is 10.4. The lowest BCUT2D eigenvalue weighted by Crippen LogP contribution is -2.15. The number of benzene rings is 1. The van der Waals surface area contributed by atoms with Gasteiger partial charge in [-0.2, -0.15) is 0 Å². The van der Waals surface area contributed by atoms with Gasteiger partial charge in [0.25, 0.3) is 5.91 Å². The van der Waals surface area contributed by atoms with Crippen LogP contribution in [-0.2, 0) is 4.79 Å². The maximum atomic E-state index is 13.6. The monoisotopic (exact) mass is 387 g/mol. The van der Waals surface area contributed by atoms with Crippen molar-refractivity contribution in [1.29, 1.82) is 0 Å². The van der Waals surface area contributed by atoms with Gasteiger partial charge in [-0.15, -0.1) is 10.2 Å². The van der Waals surface area contributed by atoms with Crippen molar-refractivity contribution >= 4 is 35.3 Å². The molecule has 8 nitrogen and oxygen atoms in total. The average Bonchev–Trinajstić information content (AvgIpc) is 3.06. The molecule has 1 aromatic carbocycles. The zero-order chi connectivity index (χ0) is 19.2. The Morgan fingerprint density at radius 2 is 1.96 bits per heavy atom. The number of hydrogen-bond donors (Lipinski definition) is 2. The van der Waals surface area contributed by atoms with Gasteiger partial charge >= 0.3 is 0 Å². The largest absolute Gasteiger partial charge is 0.338 e. The highest BCUT2D eigenvalue weighted by molar-refractivity contribution is 7.99. The van der Waals surface area contributed by atoms with Gasteiger partial charge in [0.05, 0.1) is 17.0 Å². The van der Waals surface area contributed by atoms with Crippen LogP contribution in [0.1, 0.15) is 16.1 Å². The van der Waals surface area contributed by atoms with Crippen LogP contribution in [-0.4, -0.2) is 32.9 Å². The number of nitrogens with one attached hydrogen (secondary N) is 2. The molecule has 0 aliphatic rings. The maximum Gasteiger partial charge on any atom is 0.259 e. The lowest BCUT2D eigenvalue weighted by atomic mass is 10.2. The Morgan fingerprint density at radius 3 is 2.63 bits per heavy atom. The fourth-order valence-corrected chi connectivity index (χ4v) is 2.64. The molecule has 2 aromatic heterocycles. The van der Waals surface area contributed by atoms with Crippen LogP contribution in [0.3, 0.4) is 0 Å². The van der Waals surface area contributed by atoms with Gasteiger partial charge in [-0.3, -0.25) is 14.9 Å². The van der Waals surface area contributed by atoms with E-state index in [1.54, 1.807) is 25.1 Å². The van der Waals surface area contributed by atoms with E-state index in [9.17, 15) is 14.0 Å². The Bertz CT molecular complexity index is 961. The van der Waals surface area contributed by atoms with E-state index in [-0.39, 0.29) is 28.9 Å². The van der Waals surface area contributed by atoms with Gasteiger partial charge in [0.2, 0.25) is 11.8 Å². The number of nitrogens with zero attached hydrogens (tertiary/aromatic N) is 3. The molecule has 2 amide bonds. The number of aromatic nitrogens is 3. The molecule has 0 saturated carbocycles. The first kappa shape index (κ1) is 18.5. The lowest BCUT2D eigenvalue weighted by Gasteiger charge is -2.05. The van der Waals surface area contributed by atoms with Gasteiger partial charge in [0.1, 0.15) is 10.8 Å². The number of aryl methyl sites for hydroxylation is 1. The molecule has 0 fully saturated rings. The van der Waals surface area contributed by atoms with Crippen molar-refractivity contribution in [2.24, 2.45) is 0 Å². The van der Waals surface area contributed by atoms with Crippen molar-refractivity contribution in [1.82, 2.24) is 15.4 Å². The SMILES string of the molecule is Cc1cc(NC(=O)CSc2ccc(NC(=O)c3ccccc3F)nn2)on1. The molecule has 0 aliphatic heterocycles. The molecule has 0 atom stereocenters. The van der Waals surface area contributed by atoms with Gasteiger partial charge in [0, 0.05) is 6.07 Å². The van der Waals surface area contributed by atoms with Crippen molar-refractivity contribution in [3.63, 3.8) is 0 Å². The highest BCUT2D eigenvalue weighted by Crippen LogP contribution is 2.17. The van der Waals surface area contributed by atoms with Crippen molar-refractivity contribution in [2.75, 3.05) is 16.4 Å². The molecule has 2 N–H and O–H groups in total. The van der Waals surface area contributed by atoms with E-state index >= 15 is 0 Å². The zero-order valence-electron chi connectivity index (χ0n) is 14.1. The molecule has 27 heavy (non-hydrogen) atoms. The Balaban J connectivity index is 1.52. The second kappa shape index (κ2) is 8.41. The highest BCUT2D eigenvalue weighted by Gasteiger charge is 2.12. The third kappa shape index (κ3) is 5.11. The minimum atomic E-state index is -0.622. The fraction of sp³-hybridized carbons (Fsp3) is 0.118. The number of rotatable bonds is 6. The van der Waals surface area contributed by atoms with Crippen molar-refractivity contribution in [3.8, 4) is 0 Å². The molecule has 3 aromatic rings. The van der Waals surface area contributed by atoms with E-state index in [4.69, 9.17) is 4.52 Å². The first-order valence-electron chi connectivity index (χ1n) is 7.77. The summed E-state index contributed by atoms with van der Waals surface area (Å²) < 4.78 is 18.5. The second-order valence-electron chi connectivity index (χ2n) is 5.36. The molecule has 2 heterocycles. The zero-order valence-corrected chi connectivity index (χ0v) is 14.9. The average molecular weight is 387 g/mol. The minimum Gasteiger partial charge on any atom is -0.338 e. The molecular weight excluding hydrogens is 373 g/mol. The van der Waals surface area contributed by atoms with Crippen LogP contribution < -0.4 is 10.6 Å². The van der Waals surface area contributed by atoms with Gasteiger partial charge < -0.3 is 9.84 Å². The van der Waals surface area contributed by atoms with Crippen LogP contribution in [0.4, 0.5) is 16.1 Å². The number of hydrogen-bond acceptors (Lipinski definition) is 7. The summed E-state index contributed by atoms with van der Waals surface area (Å²) >= 11 is 1.16. The third-order valence-electron chi connectivity index (χ3n) is 3.24. The summed E-state index contributed by atoms with van der Waals surface area (Å²) in [5.41, 5.74) is 0.578. The summed E-state index contributed by atoms with van der Waals surface area (Å²) in [6.07, 6.45) is 0. The molecule has 0 unspecified atom stereocenters. The van der Waals surface area contributed by atoms with Crippen molar-refractivity contribution < 1.29 is 18.5 Å². The van der Waals surface area contributed by atoms with Crippen molar-refractivity contribution in [3.05, 3.63) is 59.5 Å². The number of carbonyl (C=O) groups is 2. The number of anilines is 2. The molecule has 0 spiro atoms. The summed E-state index contributed by atoms with van der Waals surface area (Å²) in [7, 11) is 0. The lowest BCUT2D eigenvalue weighted by molar-refractivity contribution is -0.113. The summed E-state index contributed by atoms with van der Waals surface area (Å²) in [6, 6.07) is 10.4. The number of amides is 2. The predicted molar refractivity (Wildman–Crippen MR) is 97.0 cm³/mol. The van der Waals surface area contributed by atoms with Gasteiger partial charge in [-0.1, -0.05) is 29.1 Å². The fourth-order valence-electron chi connectivity index (χ4n) is 2.03. The molecular formula is C17H14FN5O3S. The van der Waals surface area contributed by atoms with Crippen LogP contribution in [0.2, 0.25) is 0 Å². The Morgan fingerprint density at radius 1 is 1.15 bits per heavy atom. The highest BCUT2D eigenvalue weighted by atomic mass is 32.2. The smallest absolute Gasteiger partial charge is 0.259 e. The van der Waals surface area contributed by atoms with Crippen LogP contribution in [0, 0.1) is 12.7 Å². The van der Waals surface area contributed by atoms with Crippen LogP contribution in [0.15, 0.2) is 52.0 Å². The van der Waals surface area contributed by atoms with Gasteiger partial charge in [-0.25, -0.2) is 4.39 Å². The van der Waals surface area contributed by atoms with E-state index < -0.39 is 11.7 Å². The Kier molecular flexibility index (Phi) is 5.77. The van der Waals surface area contributed by atoms with Gasteiger partial charge in [0.15, 0.2) is 5.82 Å². The summed E-state index contributed by atoms with van der Waals surface area (Å²) in [6.45, 7) is 1.75. The molecule has 138 valence electrons. The first-order chi connectivity index (χ1) is 13.0. The topological polar surface area (TPSA) is 110 Å². The second-order valence-corrected chi connectivity index (χ2v) is 6.36. The standard InChI is InChI=1S/C17H14FN5O3S/c1-10-8-15(26-23-10)20-14(24)9-27-16-7-6-13(21-22-16)19-17(25)11-4-2-3-5-12(11)18/h2-8H,9H2,1H3,(H,20,24)(H,19,21,25). The predicted octanol–water partition coefficient (Wildman–Crippen LogP) is 2.90. The third-order valence-corrected chi connectivity index (χ3v) is 4.16. The molecule has 0 bridgehead atoms. The maximum absolute atomic E-state index is 13.6. The van der Waals surface area contributed by atoms with E-state index in [2.05, 4.69) is 26.0 Å². The summed E-state index contributed by atoms with van der Waals surface area (Å²) in [4.78, 5) is 23.9. The van der Waals surface area contributed by atoms with Gasteiger partial charge in [-0.05, 0) is 31.2 Å². The van der Waals surface area contributed by atoms with E-state index in [0.717, 1.165) is 11.8 Å². The molecule has 0 saturated heterocycles. The quantitative estimate of drug-likeness (QED) is 0.626. The minimum absolute atomic E-state index is 0.0860.